The average Bonchev–Trinajstić information content (AvgIpc) is 2.67. The van der Waals surface area contributed by atoms with Gasteiger partial charge in [0.05, 0.1) is 6.61 Å². The molecule has 2 aromatic carbocycles. The van der Waals surface area contributed by atoms with Gasteiger partial charge in [0.25, 0.3) is 0 Å². The third-order valence-electron chi connectivity index (χ3n) is 3.79. The van der Waals surface area contributed by atoms with Crippen LogP contribution in [-0.4, -0.2) is 9.97 Å². The van der Waals surface area contributed by atoms with E-state index >= 15 is 0 Å². The lowest BCUT2D eigenvalue weighted by Crippen LogP contribution is -2.19. The van der Waals surface area contributed by atoms with Crippen molar-refractivity contribution >= 4 is 11.8 Å². The number of aromatic nitrogens is 2. The monoisotopic (exact) mass is 354 g/mol. The van der Waals surface area contributed by atoms with Gasteiger partial charge >= 0.3 is 0 Å². The van der Waals surface area contributed by atoms with Crippen LogP contribution in [0.15, 0.2) is 66.1 Å². The second-order valence-corrected chi connectivity index (χ2v) is 6.49. The molecular formula is C19H15FN2O2S. The Morgan fingerprint density at radius 2 is 1.88 bits per heavy atom. The van der Waals surface area contributed by atoms with Crippen LogP contribution in [0.5, 0.6) is 5.75 Å². The van der Waals surface area contributed by atoms with Gasteiger partial charge in [0.1, 0.15) is 11.6 Å². The molecule has 1 aliphatic rings. The number of thioether (sulfide) groups is 1. The number of hydrogen-bond acceptors (Lipinski definition) is 5. The summed E-state index contributed by atoms with van der Waals surface area (Å²) in [6.07, 6.45) is 2.88. The normalized spacial score (nSPS) is 16.1. The first kappa shape index (κ1) is 16.1. The van der Waals surface area contributed by atoms with E-state index in [9.17, 15) is 4.39 Å². The molecule has 0 bridgehead atoms. The molecule has 0 saturated heterocycles. The van der Waals surface area contributed by atoms with Crippen molar-refractivity contribution in [2.24, 2.45) is 0 Å². The molecule has 0 unspecified atom stereocenters. The van der Waals surface area contributed by atoms with Crippen LogP contribution < -0.4 is 4.74 Å². The Bertz CT molecular complexity index is 862. The molecule has 0 fully saturated rings. The third-order valence-corrected chi connectivity index (χ3v) is 4.72. The van der Waals surface area contributed by atoms with Crippen molar-refractivity contribution in [2.75, 3.05) is 0 Å². The summed E-state index contributed by atoms with van der Waals surface area (Å²) in [7, 11) is 0. The predicted molar refractivity (Wildman–Crippen MR) is 92.6 cm³/mol. The summed E-state index contributed by atoms with van der Waals surface area (Å²) < 4.78 is 25.7. The highest BCUT2D eigenvalue weighted by Gasteiger charge is 2.25. The maximum absolute atomic E-state index is 13.9. The second kappa shape index (κ2) is 7.21. The molecule has 25 heavy (non-hydrogen) atoms. The molecular weight excluding hydrogens is 339 g/mol. The molecule has 0 spiro atoms. The van der Waals surface area contributed by atoms with Crippen molar-refractivity contribution in [1.82, 2.24) is 9.97 Å². The average molecular weight is 354 g/mol. The number of fused-ring (bicyclic) bond motifs is 1. The highest BCUT2D eigenvalue weighted by molar-refractivity contribution is 7.98. The number of hydrogen-bond donors (Lipinski definition) is 0. The maximum Gasteiger partial charge on any atom is 0.227 e. The van der Waals surface area contributed by atoms with Crippen LogP contribution in [0.25, 0.3) is 0 Å². The molecule has 4 nitrogen and oxygen atoms in total. The van der Waals surface area contributed by atoms with Gasteiger partial charge < -0.3 is 9.47 Å². The summed E-state index contributed by atoms with van der Waals surface area (Å²) in [6.45, 7) is 0.312. The van der Waals surface area contributed by atoms with Crippen molar-refractivity contribution in [3.63, 3.8) is 0 Å². The van der Waals surface area contributed by atoms with Gasteiger partial charge in [0.15, 0.2) is 5.16 Å². The lowest BCUT2D eigenvalue weighted by molar-refractivity contribution is -0.112. The molecule has 1 aromatic heterocycles. The molecule has 6 heteroatoms. The van der Waals surface area contributed by atoms with Crippen LogP contribution >= 0.6 is 11.8 Å². The molecule has 0 amide bonds. The minimum Gasteiger partial charge on any atom is -0.460 e. The van der Waals surface area contributed by atoms with E-state index in [4.69, 9.17) is 9.47 Å². The van der Waals surface area contributed by atoms with E-state index in [2.05, 4.69) is 9.97 Å². The first-order valence-electron chi connectivity index (χ1n) is 7.84. The summed E-state index contributed by atoms with van der Waals surface area (Å²) in [5.74, 6) is 0.907. The van der Waals surface area contributed by atoms with Crippen LogP contribution in [-0.2, 0) is 17.1 Å². The van der Waals surface area contributed by atoms with E-state index in [0.29, 0.717) is 23.3 Å². The number of halogens is 1. The van der Waals surface area contributed by atoms with E-state index in [0.717, 1.165) is 16.7 Å². The van der Waals surface area contributed by atoms with Gasteiger partial charge in [-0.2, -0.15) is 0 Å². The highest BCUT2D eigenvalue weighted by Crippen LogP contribution is 2.38. The van der Waals surface area contributed by atoms with E-state index in [1.165, 1.54) is 23.9 Å². The van der Waals surface area contributed by atoms with Gasteiger partial charge in [-0.15, -0.1) is 0 Å². The number of nitrogens with zero attached hydrogens (tertiary/aromatic N) is 2. The molecule has 0 radical (unpaired) electrons. The van der Waals surface area contributed by atoms with E-state index in [-0.39, 0.29) is 5.82 Å². The Morgan fingerprint density at radius 1 is 1.08 bits per heavy atom. The van der Waals surface area contributed by atoms with Gasteiger partial charge in [0, 0.05) is 34.8 Å². The fourth-order valence-corrected chi connectivity index (χ4v) is 3.43. The van der Waals surface area contributed by atoms with Gasteiger partial charge in [-0.05, 0) is 18.2 Å². The number of benzene rings is 2. The van der Waals surface area contributed by atoms with E-state index < -0.39 is 6.29 Å². The number of ether oxygens (including phenoxy) is 2. The quantitative estimate of drug-likeness (QED) is 0.509. The predicted octanol–water partition coefficient (Wildman–Crippen LogP) is 4.52. The zero-order chi connectivity index (χ0) is 17.1. The smallest absolute Gasteiger partial charge is 0.227 e. The Hall–Kier alpha value is -2.44. The highest BCUT2D eigenvalue weighted by atomic mass is 32.2. The minimum atomic E-state index is -0.490. The van der Waals surface area contributed by atoms with Gasteiger partial charge in [-0.25, -0.2) is 14.4 Å². The van der Waals surface area contributed by atoms with Crippen LogP contribution in [0.4, 0.5) is 4.39 Å². The minimum absolute atomic E-state index is 0.298. The van der Waals surface area contributed by atoms with Crippen molar-refractivity contribution in [3.8, 4) is 5.75 Å². The summed E-state index contributed by atoms with van der Waals surface area (Å²) >= 11 is 1.44. The maximum atomic E-state index is 13.9. The Labute approximate surface area is 149 Å². The molecule has 2 heterocycles. The van der Waals surface area contributed by atoms with Crippen LogP contribution in [0.2, 0.25) is 0 Å². The van der Waals surface area contributed by atoms with Crippen LogP contribution in [0.3, 0.4) is 0 Å². The molecule has 0 aliphatic carbocycles. The summed E-state index contributed by atoms with van der Waals surface area (Å²) in [6, 6.07) is 14.4. The first-order chi connectivity index (χ1) is 12.3. The molecule has 3 aromatic rings. The molecule has 1 atom stereocenters. The zero-order valence-electron chi connectivity index (χ0n) is 13.3. The fourth-order valence-electron chi connectivity index (χ4n) is 2.66. The van der Waals surface area contributed by atoms with Gasteiger partial charge in [-0.1, -0.05) is 42.1 Å². The molecule has 126 valence electrons. The standard InChI is InChI=1S/C19H15FN2O2S/c20-16-9-14-11-23-18(13-5-2-1-3-6-13)24-17(14)15(10-16)12-25-19-21-7-4-8-22-19/h1-10,18H,11-12H2/t18-/m0/s1. The van der Waals surface area contributed by atoms with Crippen molar-refractivity contribution < 1.29 is 13.9 Å². The van der Waals surface area contributed by atoms with E-state index in [1.807, 2.05) is 30.3 Å². The lowest BCUT2D eigenvalue weighted by atomic mass is 10.1. The third kappa shape index (κ3) is 3.65. The zero-order valence-corrected chi connectivity index (χ0v) is 14.1. The van der Waals surface area contributed by atoms with Crippen LogP contribution in [0.1, 0.15) is 23.0 Å². The topological polar surface area (TPSA) is 44.2 Å². The van der Waals surface area contributed by atoms with Crippen molar-refractivity contribution in [3.05, 3.63) is 83.4 Å². The fraction of sp³-hybridized carbons (Fsp3) is 0.158. The number of rotatable bonds is 4. The first-order valence-corrected chi connectivity index (χ1v) is 8.82. The second-order valence-electron chi connectivity index (χ2n) is 5.54. The molecule has 0 N–H and O–H groups in total. The summed E-state index contributed by atoms with van der Waals surface area (Å²) in [5.41, 5.74) is 2.43. The Balaban J connectivity index is 1.59. The van der Waals surface area contributed by atoms with Gasteiger partial charge in [0.2, 0.25) is 6.29 Å². The molecule has 4 rings (SSSR count). The van der Waals surface area contributed by atoms with Gasteiger partial charge in [-0.3, -0.25) is 0 Å². The lowest BCUT2D eigenvalue weighted by Gasteiger charge is -2.28. The van der Waals surface area contributed by atoms with E-state index in [1.54, 1.807) is 18.5 Å². The van der Waals surface area contributed by atoms with Crippen molar-refractivity contribution in [2.45, 2.75) is 23.8 Å². The SMILES string of the molecule is Fc1cc2c(c(CSc3ncccn3)c1)O[C@@H](c1ccccc1)OC2. The Kier molecular flexibility index (Phi) is 4.63. The summed E-state index contributed by atoms with van der Waals surface area (Å²) in [4.78, 5) is 8.37. The summed E-state index contributed by atoms with van der Waals surface area (Å²) in [5, 5.41) is 0.646. The van der Waals surface area contributed by atoms with Crippen molar-refractivity contribution in [1.29, 1.82) is 0 Å². The van der Waals surface area contributed by atoms with Crippen LogP contribution in [0, 0.1) is 5.82 Å². The molecule has 0 saturated carbocycles. The molecule has 1 aliphatic heterocycles. The largest absolute Gasteiger partial charge is 0.460 e. The Morgan fingerprint density at radius 3 is 2.68 bits per heavy atom.